The zero-order chi connectivity index (χ0) is 18.8. The van der Waals surface area contributed by atoms with E-state index in [-0.39, 0.29) is 17.9 Å². The highest BCUT2D eigenvalue weighted by Crippen LogP contribution is 2.34. The molecule has 0 N–H and O–H groups in total. The van der Waals surface area contributed by atoms with Crippen LogP contribution in [-0.4, -0.2) is 16.6 Å². The van der Waals surface area contributed by atoms with Crippen LogP contribution < -0.4 is 0 Å². The van der Waals surface area contributed by atoms with Crippen LogP contribution in [0.15, 0.2) is 85.1 Å². The predicted octanol–water partition coefficient (Wildman–Crippen LogP) is 4.80. The van der Waals surface area contributed by atoms with Gasteiger partial charge >= 0.3 is 0 Å². The van der Waals surface area contributed by atoms with Gasteiger partial charge in [0.05, 0.1) is 17.1 Å². The van der Waals surface area contributed by atoms with E-state index in [4.69, 9.17) is 0 Å². The molecule has 0 spiro atoms. The number of carbonyl (C=O) groups is 2. The van der Waals surface area contributed by atoms with E-state index in [0.717, 1.165) is 11.1 Å². The number of nitrogens with zero attached hydrogens (tertiary/aromatic N) is 1. The molecule has 132 valence electrons. The highest BCUT2D eigenvalue weighted by Gasteiger charge is 2.23. The molecule has 1 aromatic heterocycles. The largest absolute Gasteiger partial charge is 0.333 e. The van der Waals surface area contributed by atoms with E-state index in [2.05, 4.69) is 0 Å². The molecule has 1 heterocycles. The smallest absolute Gasteiger partial charge is 0.227 e. The molecule has 0 amide bonds. The predicted molar refractivity (Wildman–Crippen MR) is 102 cm³/mol. The summed E-state index contributed by atoms with van der Waals surface area (Å²) in [5.41, 5.74) is 2.42. The Kier molecular flexibility index (Phi) is 4.38. The first-order valence-corrected chi connectivity index (χ1v) is 8.59. The van der Waals surface area contributed by atoms with Gasteiger partial charge in [-0.1, -0.05) is 72.8 Å². The fourth-order valence-corrected chi connectivity index (χ4v) is 3.52. The Labute approximate surface area is 155 Å². The van der Waals surface area contributed by atoms with Gasteiger partial charge in [-0.25, -0.2) is 4.39 Å². The first kappa shape index (κ1) is 16.9. The molecule has 3 nitrogen and oxygen atoms in total. The van der Waals surface area contributed by atoms with Crippen LogP contribution in [0, 0.1) is 5.82 Å². The van der Waals surface area contributed by atoms with Gasteiger partial charge in [-0.2, -0.15) is 0 Å². The normalized spacial score (nSPS) is 11.0. The number of aldehydes is 1. The number of fused-ring (bicyclic) bond motifs is 1. The van der Waals surface area contributed by atoms with E-state index in [1.54, 1.807) is 22.9 Å². The molecule has 4 heteroatoms. The topological polar surface area (TPSA) is 39.1 Å². The maximum Gasteiger partial charge on any atom is 0.227 e. The molecule has 0 fully saturated rings. The number of halogens is 1. The Morgan fingerprint density at radius 3 is 2.00 bits per heavy atom. The summed E-state index contributed by atoms with van der Waals surface area (Å²) in [7, 11) is 0. The minimum atomic E-state index is -0.663. The summed E-state index contributed by atoms with van der Waals surface area (Å²) < 4.78 is 16.5. The van der Waals surface area contributed by atoms with Crippen molar-refractivity contribution in [3.63, 3.8) is 0 Å². The molecular formula is C23H16FNO2. The van der Waals surface area contributed by atoms with Crippen LogP contribution in [0.25, 0.3) is 10.9 Å². The number of Topliss-reactive ketones (excluding diaryl/α,β-unsaturated/α-hetero) is 1. The zero-order valence-corrected chi connectivity index (χ0v) is 14.4. The molecular weight excluding hydrogens is 341 g/mol. The quantitative estimate of drug-likeness (QED) is 0.292. The summed E-state index contributed by atoms with van der Waals surface area (Å²) >= 11 is 0. The Morgan fingerprint density at radius 1 is 0.852 bits per heavy atom. The van der Waals surface area contributed by atoms with Gasteiger partial charge in [-0.05, 0) is 17.2 Å². The van der Waals surface area contributed by atoms with Crippen LogP contribution in [0.5, 0.6) is 0 Å². The minimum Gasteiger partial charge on any atom is -0.333 e. The van der Waals surface area contributed by atoms with Gasteiger partial charge in [-0.15, -0.1) is 0 Å². The highest BCUT2D eigenvalue weighted by molar-refractivity contribution is 6.36. The highest BCUT2D eigenvalue weighted by atomic mass is 19.1. The van der Waals surface area contributed by atoms with Gasteiger partial charge in [0.25, 0.3) is 0 Å². The van der Waals surface area contributed by atoms with Gasteiger partial charge in [0, 0.05) is 11.6 Å². The molecule has 0 radical (unpaired) electrons. The third kappa shape index (κ3) is 2.95. The van der Waals surface area contributed by atoms with E-state index >= 15 is 0 Å². The van der Waals surface area contributed by atoms with Gasteiger partial charge < -0.3 is 4.57 Å². The Bertz CT molecular complexity index is 1080. The summed E-state index contributed by atoms with van der Waals surface area (Å²) in [5.74, 6) is -1.10. The van der Waals surface area contributed by atoms with Crippen molar-refractivity contribution < 1.29 is 14.0 Å². The lowest BCUT2D eigenvalue weighted by Crippen LogP contribution is -2.12. The molecule has 0 aliphatic rings. The first-order valence-electron chi connectivity index (χ1n) is 8.59. The first-order chi connectivity index (χ1) is 13.2. The second-order valence-corrected chi connectivity index (χ2v) is 6.29. The maximum atomic E-state index is 14.8. The standard InChI is InChI=1S/C23H16FNO2/c24-20-13-7-12-18-19(21(27)15-26)14-25(23(18)20)22(16-8-3-1-4-9-16)17-10-5-2-6-11-17/h1-15,22H. The van der Waals surface area contributed by atoms with Crippen LogP contribution >= 0.6 is 0 Å². The molecule has 0 atom stereocenters. The molecule has 4 rings (SSSR count). The van der Waals surface area contributed by atoms with Crippen LogP contribution in [0.1, 0.15) is 27.5 Å². The third-order valence-corrected chi connectivity index (χ3v) is 4.68. The van der Waals surface area contributed by atoms with E-state index in [1.165, 1.54) is 6.07 Å². The maximum absolute atomic E-state index is 14.8. The number of benzene rings is 3. The van der Waals surface area contributed by atoms with Crippen molar-refractivity contribution in [1.82, 2.24) is 4.57 Å². The average Bonchev–Trinajstić information content (AvgIpc) is 3.10. The number of hydrogen-bond donors (Lipinski definition) is 0. The van der Waals surface area contributed by atoms with Gasteiger partial charge in [0.2, 0.25) is 5.78 Å². The zero-order valence-electron chi connectivity index (χ0n) is 14.4. The van der Waals surface area contributed by atoms with E-state index in [9.17, 15) is 14.0 Å². The molecule has 0 bridgehead atoms. The lowest BCUT2D eigenvalue weighted by Gasteiger charge is -2.21. The summed E-state index contributed by atoms with van der Waals surface area (Å²) in [6.45, 7) is 0. The molecule has 4 aromatic rings. The van der Waals surface area contributed by atoms with Crippen molar-refractivity contribution >= 4 is 23.0 Å². The molecule has 3 aromatic carbocycles. The second-order valence-electron chi connectivity index (χ2n) is 6.29. The lowest BCUT2D eigenvalue weighted by molar-refractivity contribution is -0.104. The number of para-hydroxylation sites is 1. The van der Waals surface area contributed by atoms with Crippen LogP contribution in [-0.2, 0) is 4.79 Å². The van der Waals surface area contributed by atoms with E-state index in [1.807, 2.05) is 60.7 Å². The molecule has 0 aliphatic heterocycles. The van der Waals surface area contributed by atoms with Crippen molar-refractivity contribution in [2.75, 3.05) is 0 Å². The number of ketones is 1. The summed E-state index contributed by atoms with van der Waals surface area (Å²) in [5, 5.41) is 0.434. The summed E-state index contributed by atoms with van der Waals surface area (Å²) in [6, 6.07) is 23.6. The molecule has 27 heavy (non-hydrogen) atoms. The molecule has 0 saturated heterocycles. The molecule has 0 saturated carbocycles. The van der Waals surface area contributed by atoms with Crippen molar-refractivity contribution in [3.8, 4) is 0 Å². The Hall–Kier alpha value is -3.53. The Morgan fingerprint density at radius 2 is 1.44 bits per heavy atom. The average molecular weight is 357 g/mol. The van der Waals surface area contributed by atoms with Gasteiger partial charge in [0.15, 0.2) is 6.29 Å². The number of hydrogen-bond acceptors (Lipinski definition) is 2. The van der Waals surface area contributed by atoms with E-state index < -0.39 is 11.6 Å². The fraction of sp³-hybridized carbons (Fsp3) is 0.0435. The van der Waals surface area contributed by atoms with Crippen molar-refractivity contribution in [1.29, 1.82) is 0 Å². The van der Waals surface area contributed by atoms with Crippen LogP contribution in [0.2, 0.25) is 0 Å². The van der Waals surface area contributed by atoms with Gasteiger partial charge in [0.1, 0.15) is 5.82 Å². The SMILES string of the molecule is O=CC(=O)c1cn(C(c2ccccc2)c2ccccc2)c2c(F)cccc12. The Balaban J connectivity index is 2.05. The third-order valence-electron chi connectivity index (χ3n) is 4.68. The van der Waals surface area contributed by atoms with Crippen molar-refractivity contribution in [2.45, 2.75) is 6.04 Å². The molecule has 0 unspecified atom stereocenters. The number of rotatable bonds is 5. The molecule has 0 aliphatic carbocycles. The van der Waals surface area contributed by atoms with Crippen molar-refractivity contribution in [3.05, 3.63) is 108 Å². The number of carbonyl (C=O) groups excluding carboxylic acids is 2. The second kappa shape index (κ2) is 7.00. The fourth-order valence-electron chi connectivity index (χ4n) is 3.52. The number of aromatic nitrogens is 1. The van der Waals surface area contributed by atoms with Gasteiger partial charge in [-0.3, -0.25) is 9.59 Å². The minimum absolute atomic E-state index is 0.205. The lowest BCUT2D eigenvalue weighted by atomic mass is 9.98. The van der Waals surface area contributed by atoms with Crippen LogP contribution in [0.3, 0.4) is 0 Å². The summed E-state index contributed by atoms with van der Waals surface area (Å²) in [4.78, 5) is 23.2. The van der Waals surface area contributed by atoms with E-state index in [0.29, 0.717) is 10.9 Å². The summed E-state index contributed by atoms with van der Waals surface area (Å²) in [6.07, 6.45) is 1.85. The monoisotopic (exact) mass is 357 g/mol. The van der Waals surface area contributed by atoms with Crippen LogP contribution in [0.4, 0.5) is 4.39 Å². The van der Waals surface area contributed by atoms with Crippen molar-refractivity contribution in [2.24, 2.45) is 0 Å².